The molecular formula is C20H27NO5. The van der Waals surface area contributed by atoms with E-state index in [1.54, 1.807) is 11.8 Å². The van der Waals surface area contributed by atoms with Crippen LogP contribution in [0.25, 0.3) is 11.0 Å². The van der Waals surface area contributed by atoms with E-state index in [1.807, 2.05) is 39.8 Å². The van der Waals surface area contributed by atoms with Gasteiger partial charge in [0, 0.05) is 30.0 Å². The Morgan fingerprint density at radius 2 is 2.04 bits per heavy atom. The average molecular weight is 361 g/mol. The molecule has 1 unspecified atom stereocenters. The van der Waals surface area contributed by atoms with Gasteiger partial charge < -0.3 is 23.9 Å². The quantitative estimate of drug-likeness (QED) is 0.884. The van der Waals surface area contributed by atoms with Gasteiger partial charge in [-0.2, -0.15) is 0 Å². The number of β-amino-alcohol motifs (C(OH)–C–C–N with tert-alkyl or cyclic N) is 1. The minimum Gasteiger partial charge on any atom is -0.490 e. The van der Waals surface area contributed by atoms with Gasteiger partial charge in [0.25, 0.3) is 5.91 Å². The molecule has 1 aromatic heterocycles. The summed E-state index contributed by atoms with van der Waals surface area (Å²) in [4.78, 5) is 14.7. The zero-order chi connectivity index (χ0) is 19.1. The molecule has 0 saturated carbocycles. The highest BCUT2D eigenvalue weighted by Crippen LogP contribution is 2.40. The Balaban J connectivity index is 2.03. The van der Waals surface area contributed by atoms with Gasteiger partial charge in [0.2, 0.25) is 5.75 Å². The molecule has 1 N–H and O–H groups in total. The monoisotopic (exact) mass is 361 g/mol. The SMILES string of the molecule is CCOc1ccc2c(C)c(C(=O)N3CC(C)[C@@](C)(O)C3)oc2c1OCC. The molecule has 6 nitrogen and oxygen atoms in total. The minimum atomic E-state index is -0.881. The maximum Gasteiger partial charge on any atom is 0.290 e. The van der Waals surface area contributed by atoms with Crippen LogP contribution in [0.1, 0.15) is 43.8 Å². The molecule has 0 bridgehead atoms. The van der Waals surface area contributed by atoms with E-state index in [4.69, 9.17) is 13.9 Å². The Hall–Kier alpha value is -2.21. The molecule has 26 heavy (non-hydrogen) atoms. The molecular weight excluding hydrogens is 334 g/mol. The van der Waals surface area contributed by atoms with Crippen LogP contribution in [0.4, 0.5) is 0 Å². The Bertz CT molecular complexity index is 823. The van der Waals surface area contributed by atoms with Crippen LogP contribution in [0.3, 0.4) is 0 Å². The lowest BCUT2D eigenvalue weighted by molar-refractivity contribution is 0.0346. The molecule has 1 aromatic carbocycles. The summed E-state index contributed by atoms with van der Waals surface area (Å²) in [6.07, 6.45) is 0. The zero-order valence-corrected chi connectivity index (χ0v) is 16.1. The van der Waals surface area contributed by atoms with E-state index in [2.05, 4.69) is 0 Å². The molecule has 0 radical (unpaired) electrons. The van der Waals surface area contributed by atoms with E-state index in [9.17, 15) is 9.90 Å². The number of carbonyl (C=O) groups excluding carboxylic acids is 1. The lowest BCUT2D eigenvalue weighted by atomic mass is 9.95. The molecule has 1 aliphatic heterocycles. The van der Waals surface area contributed by atoms with Crippen LogP contribution in [0, 0.1) is 12.8 Å². The molecule has 1 amide bonds. The van der Waals surface area contributed by atoms with Crippen molar-refractivity contribution >= 4 is 16.9 Å². The third-order valence-corrected chi connectivity index (χ3v) is 5.16. The van der Waals surface area contributed by atoms with Crippen LogP contribution in [-0.4, -0.2) is 47.8 Å². The highest BCUT2D eigenvalue weighted by Gasteiger charge is 2.42. The number of hydrogen-bond donors (Lipinski definition) is 1. The number of hydrogen-bond acceptors (Lipinski definition) is 5. The number of benzene rings is 1. The summed E-state index contributed by atoms with van der Waals surface area (Å²) in [5.41, 5.74) is 0.416. The standard InChI is InChI=1S/C20H27NO5/c1-6-24-15-9-8-14-13(4)16(26-17(14)18(15)25-7-2)19(22)21-10-12(3)20(5,23)11-21/h8-9,12,23H,6-7,10-11H2,1-5H3/t12?,20-/m0/s1. The average Bonchev–Trinajstić information content (AvgIpc) is 3.06. The van der Waals surface area contributed by atoms with Crippen LogP contribution < -0.4 is 9.47 Å². The zero-order valence-electron chi connectivity index (χ0n) is 16.1. The van der Waals surface area contributed by atoms with Gasteiger partial charge >= 0.3 is 0 Å². The van der Waals surface area contributed by atoms with E-state index >= 15 is 0 Å². The van der Waals surface area contributed by atoms with Gasteiger partial charge in [-0.1, -0.05) is 6.92 Å². The van der Waals surface area contributed by atoms with E-state index in [-0.39, 0.29) is 11.8 Å². The predicted octanol–water partition coefficient (Wildman–Crippen LogP) is 3.38. The van der Waals surface area contributed by atoms with Gasteiger partial charge in [-0.3, -0.25) is 4.79 Å². The van der Waals surface area contributed by atoms with Crippen molar-refractivity contribution < 1.29 is 23.8 Å². The van der Waals surface area contributed by atoms with Crippen molar-refractivity contribution in [1.29, 1.82) is 0 Å². The molecule has 6 heteroatoms. The molecule has 2 atom stereocenters. The first-order valence-electron chi connectivity index (χ1n) is 9.13. The Labute approximate surface area is 153 Å². The summed E-state index contributed by atoms with van der Waals surface area (Å²) in [7, 11) is 0. The second-order valence-corrected chi connectivity index (χ2v) is 7.14. The minimum absolute atomic E-state index is 0.0136. The maximum atomic E-state index is 13.0. The number of amides is 1. The summed E-state index contributed by atoms with van der Waals surface area (Å²) in [5, 5.41) is 11.2. The van der Waals surface area contributed by atoms with Crippen molar-refractivity contribution in [3.8, 4) is 11.5 Å². The van der Waals surface area contributed by atoms with E-state index < -0.39 is 5.60 Å². The Morgan fingerprint density at radius 1 is 1.35 bits per heavy atom. The normalized spacial score (nSPS) is 22.8. The number of likely N-dealkylation sites (tertiary alicyclic amines) is 1. The van der Waals surface area contributed by atoms with Crippen molar-refractivity contribution in [1.82, 2.24) is 4.90 Å². The molecule has 0 aliphatic carbocycles. The largest absolute Gasteiger partial charge is 0.490 e. The highest BCUT2D eigenvalue weighted by atomic mass is 16.5. The van der Waals surface area contributed by atoms with Crippen LogP contribution >= 0.6 is 0 Å². The highest BCUT2D eigenvalue weighted by molar-refractivity contribution is 6.01. The van der Waals surface area contributed by atoms with Crippen LogP contribution in [-0.2, 0) is 0 Å². The number of fused-ring (bicyclic) bond motifs is 1. The predicted molar refractivity (Wildman–Crippen MR) is 99.0 cm³/mol. The lowest BCUT2D eigenvalue weighted by Crippen LogP contribution is -2.35. The first kappa shape index (κ1) is 18.6. The summed E-state index contributed by atoms with van der Waals surface area (Å²) in [6, 6.07) is 3.73. The molecule has 2 aromatic rings. The summed E-state index contributed by atoms with van der Waals surface area (Å²) >= 11 is 0. The molecule has 142 valence electrons. The van der Waals surface area contributed by atoms with Gasteiger partial charge in [-0.15, -0.1) is 0 Å². The fourth-order valence-electron chi connectivity index (χ4n) is 3.43. The first-order chi connectivity index (χ1) is 12.3. The number of nitrogens with zero attached hydrogens (tertiary/aromatic N) is 1. The number of aliphatic hydroxyl groups is 1. The van der Waals surface area contributed by atoms with Crippen molar-refractivity contribution in [2.75, 3.05) is 26.3 Å². The molecule has 2 heterocycles. The number of rotatable bonds is 5. The number of carbonyl (C=O) groups is 1. The molecule has 0 spiro atoms. The van der Waals surface area contributed by atoms with E-state index in [1.165, 1.54) is 0 Å². The van der Waals surface area contributed by atoms with Gasteiger partial charge in [0.05, 0.1) is 18.8 Å². The van der Waals surface area contributed by atoms with Crippen molar-refractivity contribution in [2.24, 2.45) is 5.92 Å². The van der Waals surface area contributed by atoms with E-state index in [0.29, 0.717) is 49.1 Å². The van der Waals surface area contributed by atoms with Crippen LogP contribution in [0.2, 0.25) is 0 Å². The summed E-state index contributed by atoms with van der Waals surface area (Å²) in [6.45, 7) is 11.2. The lowest BCUT2D eigenvalue weighted by Gasteiger charge is -2.20. The maximum absolute atomic E-state index is 13.0. The van der Waals surface area contributed by atoms with Gasteiger partial charge in [-0.05, 0) is 39.8 Å². The molecule has 1 saturated heterocycles. The van der Waals surface area contributed by atoms with Crippen molar-refractivity contribution in [3.05, 3.63) is 23.5 Å². The topological polar surface area (TPSA) is 72.1 Å². The van der Waals surface area contributed by atoms with Crippen molar-refractivity contribution in [2.45, 2.75) is 40.2 Å². The van der Waals surface area contributed by atoms with Crippen LogP contribution in [0.5, 0.6) is 11.5 Å². The fraction of sp³-hybridized carbons (Fsp3) is 0.550. The van der Waals surface area contributed by atoms with Crippen molar-refractivity contribution in [3.63, 3.8) is 0 Å². The third-order valence-electron chi connectivity index (χ3n) is 5.16. The molecule has 1 aliphatic rings. The second kappa shape index (κ2) is 6.83. The Morgan fingerprint density at radius 3 is 2.62 bits per heavy atom. The number of ether oxygens (including phenoxy) is 2. The number of aryl methyl sites for hydroxylation is 1. The first-order valence-corrected chi connectivity index (χ1v) is 9.13. The smallest absolute Gasteiger partial charge is 0.290 e. The van der Waals surface area contributed by atoms with Gasteiger partial charge in [0.15, 0.2) is 17.1 Å². The van der Waals surface area contributed by atoms with Crippen LogP contribution in [0.15, 0.2) is 16.5 Å². The van der Waals surface area contributed by atoms with E-state index in [0.717, 1.165) is 10.9 Å². The summed E-state index contributed by atoms with van der Waals surface area (Å²) in [5.74, 6) is 1.23. The molecule has 3 rings (SSSR count). The van der Waals surface area contributed by atoms with Gasteiger partial charge in [-0.25, -0.2) is 0 Å². The Kier molecular flexibility index (Phi) is 4.88. The second-order valence-electron chi connectivity index (χ2n) is 7.14. The number of furan rings is 1. The third kappa shape index (κ3) is 3.03. The fourth-order valence-corrected chi connectivity index (χ4v) is 3.43. The van der Waals surface area contributed by atoms with Gasteiger partial charge in [0.1, 0.15) is 0 Å². The summed E-state index contributed by atoms with van der Waals surface area (Å²) < 4.78 is 17.3. The molecule has 1 fully saturated rings.